The van der Waals surface area contributed by atoms with Crippen molar-refractivity contribution in [3.05, 3.63) is 40.4 Å². The molecule has 1 saturated heterocycles. The van der Waals surface area contributed by atoms with Gasteiger partial charge < -0.3 is 25.4 Å². The molecule has 3 fully saturated rings. The average Bonchev–Trinajstić information content (AvgIpc) is 3.91. The highest BCUT2D eigenvalue weighted by Gasteiger charge is 2.63. The van der Waals surface area contributed by atoms with Crippen LogP contribution in [0, 0.1) is 31.6 Å². The fourth-order valence-electron chi connectivity index (χ4n) is 7.80. The Kier molecular flexibility index (Phi) is 11.5. The predicted molar refractivity (Wildman–Crippen MR) is 203 cm³/mol. The van der Waals surface area contributed by atoms with Crippen molar-refractivity contribution in [1.29, 1.82) is 0 Å². The molecule has 14 nitrogen and oxygen atoms in total. The number of halogens is 1. The summed E-state index contributed by atoms with van der Waals surface area (Å²) in [6.45, 7) is 13.8. The quantitative estimate of drug-likeness (QED) is 0.281. The van der Waals surface area contributed by atoms with Crippen LogP contribution < -0.4 is 20.3 Å². The molecule has 0 unspecified atom stereocenters. The Morgan fingerprint density at radius 1 is 1.11 bits per heavy atom. The first-order valence-corrected chi connectivity index (χ1v) is 20.5. The van der Waals surface area contributed by atoms with E-state index in [4.69, 9.17) is 16.3 Å². The zero-order valence-electron chi connectivity index (χ0n) is 32.3. The van der Waals surface area contributed by atoms with E-state index < -0.39 is 85.8 Å². The number of carbonyl (C=O) groups excluding carboxylic acids is 4. The Balaban J connectivity index is 1.57. The normalized spacial score (nSPS) is 29.8. The summed E-state index contributed by atoms with van der Waals surface area (Å²) in [5, 5.41) is 16.3. The molecule has 1 aromatic carbocycles. The van der Waals surface area contributed by atoms with Crippen molar-refractivity contribution in [2.24, 2.45) is 17.8 Å². The zero-order chi connectivity index (χ0) is 40.1. The summed E-state index contributed by atoms with van der Waals surface area (Å²) in [6, 6.07) is -0.0124. The molecule has 1 aromatic rings. The SMILES string of the molecule is Cc1cc(C)c(N(C(=O)O)[C@@H]2C[C@H]3C(=O)N[C@]4(C(=O)NS(=O)(=O)C5(C)CC5)C[C@H]4C=CCC[C@@H](C)C[C@@H](C)[C@H](NC(=O)OC(C)(C)C)C(=O)N3C2)c(Cl)c1. The number of hydrogen-bond acceptors (Lipinski definition) is 8. The lowest BCUT2D eigenvalue weighted by atomic mass is 9.88. The van der Waals surface area contributed by atoms with Crippen LogP contribution in [0.15, 0.2) is 24.3 Å². The third kappa shape index (κ3) is 8.66. The lowest BCUT2D eigenvalue weighted by Gasteiger charge is -2.33. The largest absolute Gasteiger partial charge is 0.465 e. The van der Waals surface area contributed by atoms with Gasteiger partial charge in [-0.05, 0) is 116 Å². The van der Waals surface area contributed by atoms with Crippen molar-refractivity contribution in [3.63, 3.8) is 0 Å². The highest BCUT2D eigenvalue weighted by molar-refractivity contribution is 7.91. The lowest BCUT2D eigenvalue weighted by molar-refractivity contribution is -0.142. The molecule has 4 N–H and O–H groups in total. The molecule has 0 bridgehead atoms. The van der Waals surface area contributed by atoms with Gasteiger partial charge in [0.2, 0.25) is 21.8 Å². The Morgan fingerprint density at radius 3 is 2.37 bits per heavy atom. The minimum absolute atomic E-state index is 0.0956. The number of nitrogens with one attached hydrogen (secondary N) is 3. The van der Waals surface area contributed by atoms with Gasteiger partial charge in [0.25, 0.3) is 5.91 Å². The standard InChI is InChI=1S/C38H54ClN5O9S/c1-21-11-9-10-12-25-19-38(25,33(47)42-54(51,52)37(8)13-14-37)41-31(45)28-18-26(44(35(49)50)30-24(4)16-22(2)17-27(30)39)20-43(28)32(46)29(23(3)15-21)40-34(48)53-36(5,6)7/h10,12,16-17,21,23,25-26,28-29H,9,11,13-15,18-20H2,1-8H3,(H,40,48)(H,41,45)(H,42,47)(H,49,50)/t21-,23-,25-,26-,28+,29+,38-/m1/s1. The van der Waals surface area contributed by atoms with Gasteiger partial charge in [0, 0.05) is 12.5 Å². The van der Waals surface area contributed by atoms with Crippen LogP contribution in [-0.4, -0.2) is 88.9 Å². The zero-order valence-corrected chi connectivity index (χ0v) is 33.9. The van der Waals surface area contributed by atoms with Crippen LogP contribution in [0.1, 0.15) is 97.6 Å². The molecular formula is C38H54ClN5O9S. The Hall–Kier alpha value is -3.85. The van der Waals surface area contributed by atoms with Crippen LogP contribution in [0.2, 0.25) is 5.02 Å². The number of nitrogens with zero attached hydrogens (tertiary/aromatic N) is 2. The van der Waals surface area contributed by atoms with Crippen LogP contribution in [0.4, 0.5) is 15.3 Å². The van der Waals surface area contributed by atoms with Crippen molar-refractivity contribution in [2.75, 3.05) is 11.4 Å². The molecule has 5 amide bonds. The van der Waals surface area contributed by atoms with Crippen molar-refractivity contribution < 1.29 is 42.2 Å². The number of amides is 5. The second kappa shape index (κ2) is 15.0. The number of sulfonamides is 1. The van der Waals surface area contributed by atoms with Gasteiger partial charge in [0.05, 0.1) is 21.5 Å². The predicted octanol–water partition coefficient (Wildman–Crippen LogP) is 5.19. The van der Waals surface area contributed by atoms with E-state index in [2.05, 4.69) is 15.4 Å². The number of ether oxygens (including phenoxy) is 1. The van der Waals surface area contributed by atoms with Gasteiger partial charge in [-0.25, -0.2) is 18.0 Å². The molecule has 2 aliphatic carbocycles. The molecular weight excluding hydrogens is 738 g/mol. The third-order valence-corrected chi connectivity index (χ3v) is 13.6. The monoisotopic (exact) mass is 791 g/mol. The van der Waals surface area contributed by atoms with Gasteiger partial charge in [-0.3, -0.25) is 24.0 Å². The average molecular weight is 792 g/mol. The molecule has 0 spiro atoms. The molecule has 2 heterocycles. The molecule has 0 aromatic heterocycles. The van der Waals surface area contributed by atoms with Gasteiger partial charge in [-0.2, -0.15) is 0 Å². The van der Waals surface area contributed by atoms with Crippen LogP contribution in [0.5, 0.6) is 0 Å². The second-order valence-corrected chi connectivity index (χ2v) is 19.7. The van der Waals surface area contributed by atoms with E-state index in [1.165, 1.54) is 4.90 Å². The van der Waals surface area contributed by atoms with Gasteiger partial charge in [0.1, 0.15) is 23.2 Å². The number of allylic oxidation sites excluding steroid dienone is 1. The number of rotatable bonds is 6. The first-order chi connectivity index (χ1) is 25.0. The molecule has 2 aliphatic heterocycles. The number of hydrogen-bond donors (Lipinski definition) is 4. The number of aryl methyl sites for hydroxylation is 2. The van der Waals surface area contributed by atoms with Crippen molar-refractivity contribution in [3.8, 4) is 0 Å². The molecule has 298 valence electrons. The lowest BCUT2D eigenvalue weighted by Crippen LogP contribution is -2.59. The molecule has 54 heavy (non-hydrogen) atoms. The van der Waals surface area contributed by atoms with Gasteiger partial charge >= 0.3 is 12.2 Å². The Bertz CT molecular complexity index is 1820. The van der Waals surface area contributed by atoms with Crippen LogP contribution >= 0.6 is 11.6 Å². The summed E-state index contributed by atoms with van der Waals surface area (Å²) in [4.78, 5) is 71.8. The Morgan fingerprint density at radius 2 is 1.78 bits per heavy atom. The van der Waals surface area contributed by atoms with Crippen LogP contribution in [0.3, 0.4) is 0 Å². The smallest absolute Gasteiger partial charge is 0.412 e. The summed E-state index contributed by atoms with van der Waals surface area (Å²) in [5.74, 6) is -3.09. The maximum absolute atomic E-state index is 14.8. The van der Waals surface area contributed by atoms with Crippen LogP contribution in [-0.2, 0) is 29.1 Å². The highest BCUT2D eigenvalue weighted by atomic mass is 35.5. The molecule has 2 saturated carbocycles. The van der Waals surface area contributed by atoms with E-state index in [0.29, 0.717) is 31.2 Å². The summed E-state index contributed by atoms with van der Waals surface area (Å²) in [7, 11) is -4.05. The molecule has 5 rings (SSSR count). The number of alkyl carbamates (subject to hydrolysis) is 1. The topological polar surface area (TPSA) is 192 Å². The minimum Gasteiger partial charge on any atom is -0.465 e. The van der Waals surface area contributed by atoms with Crippen molar-refractivity contribution in [1.82, 2.24) is 20.3 Å². The summed E-state index contributed by atoms with van der Waals surface area (Å²) in [6.07, 6.45) is 4.20. The van der Waals surface area contributed by atoms with Gasteiger partial charge in [-0.1, -0.05) is 43.7 Å². The number of fused-ring (bicyclic) bond motifs is 2. The van der Waals surface area contributed by atoms with Gasteiger partial charge in [0.15, 0.2) is 0 Å². The van der Waals surface area contributed by atoms with E-state index in [0.717, 1.165) is 16.9 Å². The maximum atomic E-state index is 14.8. The number of carbonyl (C=O) groups is 5. The Labute approximate surface area is 322 Å². The molecule has 4 aliphatic rings. The van der Waals surface area contributed by atoms with E-state index in [1.807, 2.05) is 32.9 Å². The second-order valence-electron chi connectivity index (χ2n) is 17.1. The number of benzene rings is 1. The van der Waals surface area contributed by atoms with Crippen LogP contribution in [0.25, 0.3) is 0 Å². The number of carboxylic acid groups (broad SMARTS) is 1. The highest BCUT2D eigenvalue weighted by Crippen LogP contribution is 2.48. The van der Waals surface area contributed by atoms with E-state index in [-0.39, 0.29) is 36.0 Å². The molecule has 7 atom stereocenters. The summed E-state index contributed by atoms with van der Waals surface area (Å²) in [5.41, 5.74) is -0.889. The number of anilines is 1. The minimum atomic E-state index is -4.05. The van der Waals surface area contributed by atoms with Crippen molar-refractivity contribution in [2.45, 2.75) is 134 Å². The fourth-order valence-corrected chi connectivity index (χ4v) is 9.52. The maximum Gasteiger partial charge on any atom is 0.412 e. The summed E-state index contributed by atoms with van der Waals surface area (Å²) >= 11 is 6.64. The first-order valence-electron chi connectivity index (χ1n) is 18.6. The molecule has 16 heteroatoms. The fraction of sp³-hybridized carbons (Fsp3) is 0.658. The molecule has 0 radical (unpaired) electrons. The first kappa shape index (κ1) is 41.3. The third-order valence-electron chi connectivity index (χ3n) is 11.1. The van der Waals surface area contributed by atoms with E-state index >= 15 is 0 Å². The van der Waals surface area contributed by atoms with Gasteiger partial charge in [-0.15, -0.1) is 0 Å². The van der Waals surface area contributed by atoms with Crippen molar-refractivity contribution >= 4 is 57.2 Å². The summed E-state index contributed by atoms with van der Waals surface area (Å²) < 4.78 is 33.0. The van der Waals surface area contributed by atoms with E-state index in [1.54, 1.807) is 46.8 Å². The van der Waals surface area contributed by atoms with E-state index in [9.17, 15) is 37.5 Å².